The van der Waals surface area contributed by atoms with E-state index in [0.717, 1.165) is 0 Å². The van der Waals surface area contributed by atoms with E-state index < -0.39 is 49.4 Å². The van der Waals surface area contributed by atoms with Gasteiger partial charge in [0.1, 0.15) is 0 Å². The van der Waals surface area contributed by atoms with E-state index in [9.17, 15) is 40.2 Å². The van der Waals surface area contributed by atoms with Crippen molar-refractivity contribution in [2.45, 2.75) is 37.4 Å². The zero-order valence-electron chi connectivity index (χ0n) is 9.86. The van der Waals surface area contributed by atoms with Gasteiger partial charge in [0.05, 0.1) is 0 Å². The summed E-state index contributed by atoms with van der Waals surface area (Å²) in [5.74, 6) is 0. The molecule has 2 rings (SSSR count). The second-order valence-electron chi connectivity index (χ2n) is 4.26. The molecule has 0 aliphatic carbocycles. The smallest absolute Gasteiger partial charge is 0.323 e. The van der Waals surface area contributed by atoms with Gasteiger partial charge in [0.25, 0.3) is 0 Å². The topological polar surface area (TPSA) is 186 Å². The first-order chi connectivity index (χ1) is 9.25. The Morgan fingerprint density at radius 2 is 1.10 bits per heavy atom. The fraction of sp³-hybridized carbons (Fsp3) is 0.750. The highest BCUT2D eigenvalue weighted by Gasteiger charge is 2.49. The molecule has 6 atom stereocenters. The molecule has 4 amide bonds. The van der Waals surface area contributed by atoms with Crippen molar-refractivity contribution in [3.63, 3.8) is 0 Å². The van der Waals surface area contributed by atoms with E-state index in [1.165, 1.54) is 0 Å². The van der Waals surface area contributed by atoms with Gasteiger partial charge < -0.3 is 41.3 Å². The molecule has 0 spiro atoms. The Morgan fingerprint density at radius 3 is 1.30 bits per heavy atom. The van der Waals surface area contributed by atoms with Crippen molar-refractivity contribution in [2.75, 3.05) is 0 Å². The SMILES string of the molecule is O=C1NC(O)C(O)N1C(O)C(O)N1C(=O)NC(O)C1O. The maximum Gasteiger partial charge on any atom is 0.323 e. The van der Waals surface area contributed by atoms with Crippen LogP contribution >= 0.6 is 0 Å². The van der Waals surface area contributed by atoms with Crippen molar-refractivity contribution in [2.24, 2.45) is 0 Å². The first-order valence-electron chi connectivity index (χ1n) is 5.51. The number of aliphatic hydroxyl groups excluding tert-OH is 6. The Balaban J connectivity index is 2.15. The minimum Gasteiger partial charge on any atom is -0.369 e. The molecule has 0 bridgehead atoms. The summed E-state index contributed by atoms with van der Waals surface area (Å²) in [7, 11) is 0. The van der Waals surface area contributed by atoms with Crippen molar-refractivity contribution in [1.29, 1.82) is 0 Å². The number of amides is 4. The fourth-order valence-electron chi connectivity index (χ4n) is 1.94. The summed E-state index contributed by atoms with van der Waals surface area (Å²) in [6.07, 6.45) is -11.4. The maximum absolute atomic E-state index is 11.4. The van der Waals surface area contributed by atoms with Gasteiger partial charge in [0.15, 0.2) is 37.4 Å². The lowest BCUT2D eigenvalue weighted by molar-refractivity contribution is -0.187. The lowest BCUT2D eigenvalue weighted by atomic mass is 10.3. The van der Waals surface area contributed by atoms with Crippen molar-refractivity contribution < 1.29 is 40.2 Å². The van der Waals surface area contributed by atoms with Crippen LogP contribution in [0.5, 0.6) is 0 Å². The summed E-state index contributed by atoms with van der Waals surface area (Å²) in [6.45, 7) is 0. The van der Waals surface area contributed by atoms with Crippen molar-refractivity contribution in [3.8, 4) is 0 Å². The Morgan fingerprint density at radius 1 is 0.800 bits per heavy atom. The predicted molar refractivity (Wildman–Crippen MR) is 56.8 cm³/mol. The average molecular weight is 294 g/mol. The molecule has 114 valence electrons. The monoisotopic (exact) mass is 294 g/mol. The third-order valence-corrected chi connectivity index (χ3v) is 2.98. The Bertz CT molecular complexity index is 383. The largest absolute Gasteiger partial charge is 0.369 e. The molecule has 0 radical (unpaired) electrons. The minimum atomic E-state index is -2.15. The molecule has 6 unspecified atom stereocenters. The second kappa shape index (κ2) is 5.01. The van der Waals surface area contributed by atoms with Gasteiger partial charge in [-0.05, 0) is 0 Å². The quantitative estimate of drug-likeness (QED) is 0.254. The third-order valence-electron chi connectivity index (χ3n) is 2.98. The number of nitrogens with one attached hydrogen (secondary N) is 2. The molecular weight excluding hydrogens is 280 g/mol. The molecule has 12 nitrogen and oxygen atoms in total. The van der Waals surface area contributed by atoms with Gasteiger partial charge in [-0.15, -0.1) is 0 Å². The fourth-order valence-corrected chi connectivity index (χ4v) is 1.94. The predicted octanol–water partition coefficient (Wildman–Crippen LogP) is -5.05. The normalized spacial score (nSPS) is 36.9. The summed E-state index contributed by atoms with van der Waals surface area (Å²) >= 11 is 0. The summed E-state index contributed by atoms with van der Waals surface area (Å²) in [6, 6.07) is -2.18. The highest BCUT2D eigenvalue weighted by molar-refractivity contribution is 5.78. The third kappa shape index (κ3) is 2.13. The highest BCUT2D eigenvalue weighted by atomic mass is 16.4. The first kappa shape index (κ1) is 14.7. The van der Waals surface area contributed by atoms with Gasteiger partial charge in [0, 0.05) is 0 Å². The molecule has 2 aliphatic heterocycles. The van der Waals surface area contributed by atoms with Gasteiger partial charge in [-0.1, -0.05) is 0 Å². The number of hydrogen-bond donors (Lipinski definition) is 8. The highest BCUT2D eigenvalue weighted by Crippen LogP contribution is 2.20. The van der Waals surface area contributed by atoms with Crippen LogP contribution in [0.15, 0.2) is 0 Å². The summed E-state index contributed by atoms with van der Waals surface area (Å²) in [5.41, 5.74) is 0. The standard InChI is InChI=1S/C8H14N4O8/c13-1-3(15)11(7(19)9-1)5(17)6(18)12-4(16)2(14)10-8(12)20/h1-6,13-18H,(H,9,19)(H,10,20). The molecular formula is C8H14N4O8. The minimum absolute atomic E-state index is 0.278. The van der Waals surface area contributed by atoms with Gasteiger partial charge in [-0.3, -0.25) is 9.80 Å². The molecule has 2 heterocycles. The summed E-state index contributed by atoms with van der Waals surface area (Å²) in [4.78, 5) is 23.3. The summed E-state index contributed by atoms with van der Waals surface area (Å²) < 4.78 is 0. The van der Waals surface area contributed by atoms with Crippen LogP contribution in [-0.4, -0.2) is 89.9 Å². The molecule has 8 N–H and O–H groups in total. The van der Waals surface area contributed by atoms with Gasteiger partial charge in [0.2, 0.25) is 0 Å². The Kier molecular flexibility index (Phi) is 3.68. The number of urea groups is 2. The maximum atomic E-state index is 11.4. The van der Waals surface area contributed by atoms with E-state index >= 15 is 0 Å². The average Bonchev–Trinajstić information content (AvgIpc) is 2.76. The second-order valence-corrected chi connectivity index (χ2v) is 4.26. The molecule has 0 aromatic carbocycles. The van der Waals surface area contributed by atoms with Crippen LogP contribution in [0.25, 0.3) is 0 Å². The number of aliphatic hydroxyl groups is 6. The van der Waals surface area contributed by atoms with Crippen LogP contribution in [-0.2, 0) is 0 Å². The molecule has 2 saturated heterocycles. The number of nitrogens with zero attached hydrogens (tertiary/aromatic N) is 2. The van der Waals surface area contributed by atoms with Crippen LogP contribution < -0.4 is 10.6 Å². The summed E-state index contributed by atoms with van der Waals surface area (Å²) in [5, 5.41) is 60.6. The van der Waals surface area contributed by atoms with Crippen molar-refractivity contribution in [1.82, 2.24) is 20.4 Å². The van der Waals surface area contributed by atoms with Gasteiger partial charge >= 0.3 is 12.1 Å². The number of hydrogen-bond acceptors (Lipinski definition) is 8. The molecule has 0 saturated carbocycles. The van der Waals surface area contributed by atoms with E-state index in [0.29, 0.717) is 0 Å². The Labute approximate surface area is 111 Å². The van der Waals surface area contributed by atoms with Crippen LogP contribution in [0.3, 0.4) is 0 Å². The van der Waals surface area contributed by atoms with Gasteiger partial charge in [-0.25, -0.2) is 9.59 Å². The van der Waals surface area contributed by atoms with E-state index in [-0.39, 0.29) is 9.80 Å². The van der Waals surface area contributed by atoms with E-state index in [4.69, 9.17) is 0 Å². The number of rotatable bonds is 3. The molecule has 2 fully saturated rings. The number of carbonyl (C=O) groups excluding carboxylic acids is 2. The number of carbonyl (C=O) groups is 2. The molecule has 12 heteroatoms. The molecule has 2 aliphatic rings. The zero-order chi connectivity index (χ0) is 15.2. The van der Waals surface area contributed by atoms with Crippen LogP contribution in [0, 0.1) is 0 Å². The first-order valence-corrected chi connectivity index (χ1v) is 5.51. The molecule has 0 aromatic rings. The van der Waals surface area contributed by atoms with Crippen molar-refractivity contribution in [3.05, 3.63) is 0 Å². The van der Waals surface area contributed by atoms with Gasteiger partial charge in [-0.2, -0.15) is 0 Å². The lowest BCUT2D eigenvalue weighted by Crippen LogP contribution is -2.58. The van der Waals surface area contributed by atoms with Crippen LogP contribution in [0.2, 0.25) is 0 Å². The van der Waals surface area contributed by atoms with Crippen molar-refractivity contribution >= 4 is 12.1 Å². The molecule has 0 aromatic heterocycles. The Hall–Kier alpha value is -1.70. The van der Waals surface area contributed by atoms with Crippen LogP contribution in [0.1, 0.15) is 0 Å². The van der Waals surface area contributed by atoms with Crippen LogP contribution in [0.4, 0.5) is 9.59 Å². The lowest BCUT2D eigenvalue weighted by Gasteiger charge is -2.34. The zero-order valence-corrected chi connectivity index (χ0v) is 9.86. The molecule has 20 heavy (non-hydrogen) atoms. The van der Waals surface area contributed by atoms with E-state index in [1.807, 2.05) is 10.6 Å². The van der Waals surface area contributed by atoms with E-state index in [2.05, 4.69) is 0 Å². The van der Waals surface area contributed by atoms with E-state index in [1.54, 1.807) is 0 Å².